The second kappa shape index (κ2) is 5.43. The molecule has 0 spiro atoms. The highest BCUT2D eigenvalue weighted by atomic mass is 16.6. The lowest BCUT2D eigenvalue weighted by Crippen LogP contribution is -1.96. The predicted molar refractivity (Wildman–Crippen MR) is 64.1 cm³/mol. The third kappa shape index (κ3) is 3.04. The Morgan fingerprint density at radius 1 is 1.28 bits per heavy atom. The number of hydrogen-bond acceptors (Lipinski definition) is 7. The van der Waals surface area contributed by atoms with Crippen LogP contribution < -0.4 is 5.43 Å². The van der Waals surface area contributed by atoms with Crippen LogP contribution in [0.5, 0.6) is 0 Å². The lowest BCUT2D eigenvalue weighted by molar-refractivity contribution is -0.385. The minimum Gasteiger partial charge on any atom is -0.261 e. The van der Waals surface area contributed by atoms with Gasteiger partial charge < -0.3 is 0 Å². The summed E-state index contributed by atoms with van der Waals surface area (Å²) in [6.45, 7) is 0. The molecule has 0 aliphatic heterocycles. The minimum absolute atomic E-state index is 0.0709. The summed E-state index contributed by atoms with van der Waals surface area (Å²) in [6.07, 6.45) is 7.28. The van der Waals surface area contributed by atoms with Crippen LogP contribution in [0, 0.1) is 10.1 Å². The average Bonchev–Trinajstić information content (AvgIpc) is 2.40. The number of hydrogen-bond donors (Lipinski definition) is 1. The molecule has 0 aliphatic carbocycles. The van der Waals surface area contributed by atoms with Crippen molar-refractivity contribution in [3.05, 3.63) is 52.7 Å². The molecule has 1 N–H and O–H groups in total. The number of anilines is 1. The van der Waals surface area contributed by atoms with E-state index in [1.54, 1.807) is 18.6 Å². The molecule has 8 nitrogen and oxygen atoms in total. The Hall–Kier alpha value is -2.90. The summed E-state index contributed by atoms with van der Waals surface area (Å²) in [6, 6.07) is 2.80. The Morgan fingerprint density at radius 3 is 2.78 bits per heavy atom. The largest absolute Gasteiger partial charge is 0.287 e. The minimum atomic E-state index is -0.514. The third-order valence-electron chi connectivity index (χ3n) is 1.92. The first kappa shape index (κ1) is 11.6. The molecule has 0 saturated carbocycles. The summed E-state index contributed by atoms with van der Waals surface area (Å²) in [5.74, 6) is 0.403. The van der Waals surface area contributed by atoms with Gasteiger partial charge in [0.2, 0.25) is 0 Å². The molecule has 2 aromatic heterocycles. The first-order valence-electron chi connectivity index (χ1n) is 4.91. The fourth-order valence-electron chi connectivity index (χ4n) is 1.10. The number of nitro groups is 1. The van der Waals surface area contributed by atoms with Crippen LogP contribution >= 0.6 is 0 Å². The second-order valence-electron chi connectivity index (χ2n) is 3.16. The van der Waals surface area contributed by atoms with Crippen LogP contribution in [0.25, 0.3) is 0 Å². The van der Waals surface area contributed by atoms with Crippen molar-refractivity contribution in [2.75, 3.05) is 5.43 Å². The molecule has 0 radical (unpaired) electrons. The van der Waals surface area contributed by atoms with Gasteiger partial charge in [-0.25, -0.2) is 4.98 Å². The first-order chi connectivity index (χ1) is 8.75. The average molecular weight is 244 g/mol. The number of nitrogens with one attached hydrogen (secondary N) is 1. The molecule has 8 heteroatoms. The Bertz CT molecular complexity index is 554. The number of nitrogens with zero attached hydrogens (tertiary/aromatic N) is 5. The van der Waals surface area contributed by atoms with Crippen molar-refractivity contribution in [1.82, 2.24) is 15.0 Å². The Balaban J connectivity index is 1.98. The van der Waals surface area contributed by atoms with Gasteiger partial charge in [-0.05, 0) is 6.07 Å². The van der Waals surface area contributed by atoms with Gasteiger partial charge in [-0.2, -0.15) is 5.10 Å². The lowest BCUT2D eigenvalue weighted by Gasteiger charge is -1.97. The molecule has 0 fully saturated rings. The highest BCUT2D eigenvalue weighted by Crippen LogP contribution is 2.11. The van der Waals surface area contributed by atoms with Gasteiger partial charge in [0, 0.05) is 18.5 Å². The second-order valence-corrected chi connectivity index (χ2v) is 3.16. The highest BCUT2D eigenvalue weighted by molar-refractivity contribution is 5.76. The number of aromatic nitrogens is 3. The van der Waals surface area contributed by atoms with Crippen LogP contribution in [0.2, 0.25) is 0 Å². The maximum absolute atomic E-state index is 10.4. The quantitative estimate of drug-likeness (QED) is 0.492. The van der Waals surface area contributed by atoms with E-state index >= 15 is 0 Å². The van der Waals surface area contributed by atoms with Gasteiger partial charge in [0.1, 0.15) is 17.7 Å². The summed E-state index contributed by atoms with van der Waals surface area (Å²) in [7, 11) is 0. The fraction of sp³-hybridized carbons (Fsp3) is 0. The smallest absolute Gasteiger partial charge is 0.261 e. The van der Waals surface area contributed by atoms with Crippen LogP contribution in [0.3, 0.4) is 0 Å². The van der Waals surface area contributed by atoms with Crippen molar-refractivity contribution >= 4 is 17.7 Å². The molecule has 0 saturated heterocycles. The Labute approximate surface area is 102 Å². The summed E-state index contributed by atoms with van der Waals surface area (Å²) in [5, 5.41) is 14.3. The third-order valence-corrected chi connectivity index (χ3v) is 1.92. The molecule has 0 bridgehead atoms. The van der Waals surface area contributed by atoms with Gasteiger partial charge in [0.25, 0.3) is 5.69 Å². The van der Waals surface area contributed by atoms with Crippen LogP contribution in [0.4, 0.5) is 11.5 Å². The molecule has 18 heavy (non-hydrogen) atoms. The van der Waals surface area contributed by atoms with E-state index in [2.05, 4.69) is 25.5 Å². The molecular weight excluding hydrogens is 236 g/mol. The summed E-state index contributed by atoms with van der Waals surface area (Å²) >= 11 is 0. The SMILES string of the molecule is O=[N+]([O-])c1ccc(N/N=C/c2cnccn2)nc1. The van der Waals surface area contributed by atoms with Gasteiger partial charge in [-0.15, -0.1) is 0 Å². The molecule has 0 aliphatic rings. The Morgan fingerprint density at radius 2 is 2.17 bits per heavy atom. The molecule has 90 valence electrons. The van der Waals surface area contributed by atoms with E-state index in [1.807, 2.05) is 0 Å². The standard InChI is InChI=1S/C10H8N6O2/c17-16(18)9-1-2-10(13-7-9)15-14-6-8-5-11-3-4-12-8/h1-7H,(H,13,15)/b14-6+. The molecule has 0 atom stereocenters. The number of pyridine rings is 1. The molecule has 2 aromatic rings. The molecule has 0 unspecified atom stereocenters. The van der Waals surface area contributed by atoms with Crippen molar-refractivity contribution in [1.29, 1.82) is 0 Å². The van der Waals surface area contributed by atoms with Crippen LogP contribution in [-0.4, -0.2) is 26.1 Å². The zero-order valence-electron chi connectivity index (χ0n) is 9.09. The van der Waals surface area contributed by atoms with E-state index in [-0.39, 0.29) is 5.69 Å². The molecular formula is C10H8N6O2. The predicted octanol–water partition coefficient (Wildman–Crippen LogP) is 1.23. The van der Waals surface area contributed by atoms with E-state index < -0.39 is 4.92 Å². The topological polar surface area (TPSA) is 106 Å². The monoisotopic (exact) mass is 244 g/mol. The maximum atomic E-state index is 10.4. The summed E-state index contributed by atoms with van der Waals surface area (Å²) in [4.78, 5) is 21.6. The molecule has 2 heterocycles. The highest BCUT2D eigenvalue weighted by Gasteiger charge is 2.04. The Kier molecular flexibility index (Phi) is 3.50. The van der Waals surface area contributed by atoms with E-state index in [1.165, 1.54) is 18.3 Å². The van der Waals surface area contributed by atoms with Crippen LogP contribution in [0.1, 0.15) is 5.69 Å². The first-order valence-corrected chi connectivity index (χ1v) is 4.91. The van der Waals surface area contributed by atoms with Gasteiger partial charge in [0.15, 0.2) is 0 Å². The fourth-order valence-corrected chi connectivity index (χ4v) is 1.10. The lowest BCUT2D eigenvalue weighted by atomic mass is 10.4. The number of hydrazone groups is 1. The van der Waals surface area contributed by atoms with Crippen molar-refractivity contribution < 1.29 is 4.92 Å². The van der Waals surface area contributed by atoms with E-state index in [0.29, 0.717) is 11.5 Å². The number of rotatable bonds is 4. The van der Waals surface area contributed by atoms with Crippen molar-refractivity contribution in [3.63, 3.8) is 0 Å². The van der Waals surface area contributed by atoms with E-state index in [0.717, 1.165) is 6.20 Å². The summed E-state index contributed by atoms with van der Waals surface area (Å²) in [5.41, 5.74) is 3.15. The maximum Gasteiger partial charge on any atom is 0.287 e. The normalized spacial score (nSPS) is 10.4. The van der Waals surface area contributed by atoms with Gasteiger partial charge in [-0.3, -0.25) is 25.5 Å². The summed E-state index contributed by atoms with van der Waals surface area (Å²) < 4.78 is 0. The van der Waals surface area contributed by atoms with Crippen molar-refractivity contribution in [3.8, 4) is 0 Å². The molecule has 0 aromatic carbocycles. The zero-order valence-corrected chi connectivity index (χ0v) is 9.09. The van der Waals surface area contributed by atoms with E-state index in [4.69, 9.17) is 0 Å². The van der Waals surface area contributed by atoms with Gasteiger partial charge >= 0.3 is 0 Å². The van der Waals surface area contributed by atoms with Crippen LogP contribution in [0.15, 0.2) is 42.0 Å². The molecule has 0 amide bonds. The van der Waals surface area contributed by atoms with E-state index in [9.17, 15) is 10.1 Å². The van der Waals surface area contributed by atoms with Crippen molar-refractivity contribution in [2.45, 2.75) is 0 Å². The van der Waals surface area contributed by atoms with Gasteiger partial charge in [0.05, 0.1) is 17.3 Å². The van der Waals surface area contributed by atoms with Crippen molar-refractivity contribution in [2.24, 2.45) is 5.10 Å². The van der Waals surface area contributed by atoms with Crippen LogP contribution in [-0.2, 0) is 0 Å². The molecule has 2 rings (SSSR count). The van der Waals surface area contributed by atoms with Gasteiger partial charge in [-0.1, -0.05) is 0 Å². The zero-order chi connectivity index (χ0) is 12.8.